The molecular formula is C8H9FS. The zero-order chi connectivity index (χ0) is 7.56. The lowest BCUT2D eigenvalue weighted by molar-refractivity contribution is 0.572. The quantitative estimate of drug-likeness (QED) is 0.616. The summed E-state index contributed by atoms with van der Waals surface area (Å²) in [6.45, 7) is 5.06. The van der Waals surface area contributed by atoms with E-state index in [9.17, 15) is 4.39 Å². The number of hydrogen-bond acceptors (Lipinski definition) is 1. The molecule has 1 atom stereocenters. The molecule has 0 N–H and O–H groups in total. The first-order valence-electron chi connectivity index (χ1n) is 3.09. The number of allylic oxidation sites excluding steroid dienone is 1. The monoisotopic (exact) mass is 156 g/mol. The molecule has 10 heavy (non-hydrogen) atoms. The molecule has 0 fully saturated rings. The Hall–Kier alpha value is -0.630. The molecule has 0 nitrogen and oxygen atoms in total. The van der Waals surface area contributed by atoms with Gasteiger partial charge in [-0.25, -0.2) is 4.39 Å². The Kier molecular flexibility index (Phi) is 2.22. The first-order valence-corrected chi connectivity index (χ1v) is 3.97. The second-order valence-corrected chi connectivity index (χ2v) is 3.16. The van der Waals surface area contributed by atoms with Crippen LogP contribution in [-0.4, -0.2) is 0 Å². The zero-order valence-corrected chi connectivity index (χ0v) is 6.62. The second kappa shape index (κ2) is 2.97. The van der Waals surface area contributed by atoms with Gasteiger partial charge in [-0.05, 0) is 11.4 Å². The average molecular weight is 156 g/mol. The normalized spacial score (nSPS) is 13.0. The van der Waals surface area contributed by atoms with Crippen LogP contribution in [0.2, 0.25) is 0 Å². The third-order valence-electron chi connectivity index (χ3n) is 1.44. The van der Waals surface area contributed by atoms with Crippen molar-refractivity contribution in [2.75, 3.05) is 0 Å². The Morgan fingerprint density at radius 2 is 2.50 bits per heavy atom. The van der Waals surface area contributed by atoms with Gasteiger partial charge >= 0.3 is 0 Å². The smallest absolute Gasteiger partial charge is 0.101 e. The van der Waals surface area contributed by atoms with Crippen LogP contribution in [0.15, 0.2) is 29.9 Å². The van der Waals surface area contributed by atoms with E-state index >= 15 is 0 Å². The molecule has 0 amide bonds. The van der Waals surface area contributed by atoms with E-state index in [1.807, 2.05) is 24.4 Å². The van der Waals surface area contributed by atoms with Crippen molar-refractivity contribution < 1.29 is 4.39 Å². The molecule has 1 heterocycles. The Morgan fingerprint density at radius 3 is 2.90 bits per heavy atom. The highest BCUT2D eigenvalue weighted by molar-refractivity contribution is 7.10. The van der Waals surface area contributed by atoms with Crippen molar-refractivity contribution in [1.29, 1.82) is 0 Å². The Morgan fingerprint density at radius 1 is 1.80 bits per heavy atom. The SMILES string of the molecule is C=C(F)C(C)c1cccs1. The predicted octanol–water partition coefficient (Wildman–Crippen LogP) is 3.33. The van der Waals surface area contributed by atoms with Crippen LogP contribution in [0.1, 0.15) is 17.7 Å². The van der Waals surface area contributed by atoms with Gasteiger partial charge in [-0.1, -0.05) is 19.6 Å². The molecule has 0 saturated heterocycles. The number of rotatable bonds is 2. The lowest BCUT2D eigenvalue weighted by Gasteiger charge is -2.02. The average Bonchev–Trinajstić information content (AvgIpc) is 2.36. The molecule has 1 aromatic heterocycles. The maximum Gasteiger partial charge on any atom is 0.101 e. The van der Waals surface area contributed by atoms with E-state index in [0.717, 1.165) is 4.88 Å². The predicted molar refractivity (Wildman–Crippen MR) is 43.0 cm³/mol. The largest absolute Gasteiger partial charge is 0.212 e. The minimum atomic E-state index is -0.262. The molecule has 1 unspecified atom stereocenters. The summed E-state index contributed by atoms with van der Waals surface area (Å²) in [6, 6.07) is 3.83. The van der Waals surface area contributed by atoms with Gasteiger partial charge < -0.3 is 0 Å². The fourth-order valence-electron chi connectivity index (χ4n) is 0.692. The molecule has 0 aromatic carbocycles. The summed E-state index contributed by atoms with van der Waals surface area (Å²) in [7, 11) is 0. The standard InChI is InChI=1S/C8H9FS/c1-6(7(2)9)8-4-3-5-10-8/h3-6H,2H2,1H3. The summed E-state index contributed by atoms with van der Waals surface area (Å²) < 4.78 is 12.5. The molecule has 0 saturated carbocycles. The maximum absolute atomic E-state index is 12.5. The summed E-state index contributed by atoms with van der Waals surface area (Å²) in [5.74, 6) is -0.401. The Labute approximate surface area is 64.0 Å². The van der Waals surface area contributed by atoms with E-state index in [1.165, 1.54) is 0 Å². The lowest BCUT2D eigenvalue weighted by Crippen LogP contribution is -1.87. The van der Waals surface area contributed by atoms with Gasteiger partial charge in [0.2, 0.25) is 0 Å². The highest BCUT2D eigenvalue weighted by Crippen LogP contribution is 2.26. The first-order chi connectivity index (χ1) is 4.72. The van der Waals surface area contributed by atoms with Crippen LogP contribution >= 0.6 is 11.3 Å². The van der Waals surface area contributed by atoms with Crippen LogP contribution in [0.25, 0.3) is 0 Å². The third kappa shape index (κ3) is 1.45. The van der Waals surface area contributed by atoms with E-state index in [0.29, 0.717) is 0 Å². The van der Waals surface area contributed by atoms with Crippen LogP contribution in [0.4, 0.5) is 4.39 Å². The molecule has 0 radical (unpaired) electrons. The minimum Gasteiger partial charge on any atom is -0.212 e. The topological polar surface area (TPSA) is 0 Å². The lowest BCUT2D eigenvalue weighted by atomic mass is 10.1. The van der Waals surface area contributed by atoms with Crippen LogP contribution in [0.3, 0.4) is 0 Å². The molecule has 1 aromatic rings. The summed E-state index contributed by atoms with van der Waals surface area (Å²) in [5.41, 5.74) is 0. The molecule has 54 valence electrons. The van der Waals surface area contributed by atoms with E-state index in [2.05, 4.69) is 6.58 Å². The number of thiophene rings is 1. The second-order valence-electron chi connectivity index (χ2n) is 2.18. The van der Waals surface area contributed by atoms with Crippen molar-refractivity contribution in [3.8, 4) is 0 Å². The van der Waals surface area contributed by atoms with Crippen LogP contribution in [0.5, 0.6) is 0 Å². The van der Waals surface area contributed by atoms with Crippen molar-refractivity contribution in [3.63, 3.8) is 0 Å². The summed E-state index contributed by atoms with van der Waals surface area (Å²) in [5, 5.41) is 1.94. The number of hydrogen-bond donors (Lipinski definition) is 0. The number of halogens is 1. The molecular weight excluding hydrogens is 147 g/mol. The molecule has 2 heteroatoms. The summed E-state index contributed by atoms with van der Waals surface area (Å²) >= 11 is 1.56. The van der Waals surface area contributed by atoms with Gasteiger partial charge in [-0.15, -0.1) is 11.3 Å². The molecule has 0 spiro atoms. The van der Waals surface area contributed by atoms with E-state index in [4.69, 9.17) is 0 Å². The summed E-state index contributed by atoms with van der Waals surface area (Å²) in [6.07, 6.45) is 0. The fourth-order valence-corrected chi connectivity index (χ4v) is 1.50. The van der Waals surface area contributed by atoms with Crippen LogP contribution in [0, 0.1) is 0 Å². The Balaban J connectivity index is 2.77. The molecule has 0 bridgehead atoms. The fraction of sp³-hybridized carbons (Fsp3) is 0.250. The van der Waals surface area contributed by atoms with Crippen molar-refractivity contribution in [2.24, 2.45) is 0 Å². The van der Waals surface area contributed by atoms with Gasteiger partial charge in [-0.3, -0.25) is 0 Å². The molecule has 0 aliphatic carbocycles. The highest BCUT2D eigenvalue weighted by atomic mass is 32.1. The van der Waals surface area contributed by atoms with E-state index in [1.54, 1.807) is 11.3 Å². The van der Waals surface area contributed by atoms with Crippen molar-refractivity contribution in [1.82, 2.24) is 0 Å². The first kappa shape index (κ1) is 7.48. The van der Waals surface area contributed by atoms with E-state index < -0.39 is 0 Å². The highest BCUT2D eigenvalue weighted by Gasteiger charge is 2.08. The van der Waals surface area contributed by atoms with Crippen LogP contribution in [-0.2, 0) is 0 Å². The van der Waals surface area contributed by atoms with Crippen molar-refractivity contribution in [3.05, 3.63) is 34.8 Å². The van der Waals surface area contributed by atoms with Gasteiger partial charge in [0, 0.05) is 10.8 Å². The maximum atomic E-state index is 12.5. The zero-order valence-electron chi connectivity index (χ0n) is 5.80. The Bertz CT molecular complexity index is 213. The van der Waals surface area contributed by atoms with Gasteiger partial charge in [-0.2, -0.15) is 0 Å². The van der Waals surface area contributed by atoms with Crippen molar-refractivity contribution in [2.45, 2.75) is 12.8 Å². The molecule has 0 aliphatic rings. The third-order valence-corrected chi connectivity index (χ3v) is 2.49. The van der Waals surface area contributed by atoms with E-state index in [-0.39, 0.29) is 11.7 Å². The van der Waals surface area contributed by atoms with Gasteiger partial charge in [0.1, 0.15) is 5.83 Å². The molecule has 1 rings (SSSR count). The van der Waals surface area contributed by atoms with Gasteiger partial charge in [0.05, 0.1) is 0 Å². The van der Waals surface area contributed by atoms with Crippen LogP contribution < -0.4 is 0 Å². The summed E-state index contributed by atoms with van der Waals surface area (Å²) in [4.78, 5) is 1.03. The minimum absolute atomic E-state index is 0.139. The van der Waals surface area contributed by atoms with Gasteiger partial charge in [0.25, 0.3) is 0 Å². The molecule has 0 aliphatic heterocycles. The van der Waals surface area contributed by atoms with Gasteiger partial charge in [0.15, 0.2) is 0 Å². The van der Waals surface area contributed by atoms with Crippen molar-refractivity contribution >= 4 is 11.3 Å².